The van der Waals surface area contributed by atoms with Crippen LogP contribution in [0.4, 0.5) is 0 Å². The highest BCUT2D eigenvalue weighted by Gasteiger charge is 2.07. The zero-order chi connectivity index (χ0) is 21.5. The SMILES string of the molecule is O=C(CCn1cnc2ccccc2c1=O)NCc1ccc(OCc2cccnc2)cc1. The van der Waals surface area contributed by atoms with E-state index in [0.717, 1.165) is 16.9 Å². The molecule has 0 aliphatic carbocycles. The van der Waals surface area contributed by atoms with Gasteiger partial charge in [-0.1, -0.05) is 30.3 Å². The molecule has 0 unspecified atom stereocenters. The summed E-state index contributed by atoms with van der Waals surface area (Å²) in [6.07, 6.45) is 5.18. The molecule has 0 saturated heterocycles. The van der Waals surface area contributed by atoms with Crippen LogP contribution in [0.3, 0.4) is 0 Å². The maximum Gasteiger partial charge on any atom is 0.261 e. The number of carbonyl (C=O) groups is 1. The van der Waals surface area contributed by atoms with Gasteiger partial charge in [-0.3, -0.25) is 19.1 Å². The Kier molecular flexibility index (Phi) is 6.32. The normalized spacial score (nSPS) is 10.7. The molecule has 0 bridgehead atoms. The number of benzene rings is 2. The van der Waals surface area contributed by atoms with Crippen molar-refractivity contribution in [2.45, 2.75) is 26.1 Å². The molecule has 2 heterocycles. The first-order chi connectivity index (χ1) is 15.2. The van der Waals surface area contributed by atoms with Crippen molar-refractivity contribution in [2.24, 2.45) is 0 Å². The van der Waals surface area contributed by atoms with Crippen molar-refractivity contribution in [3.63, 3.8) is 0 Å². The number of carbonyl (C=O) groups excluding carboxylic acids is 1. The molecule has 7 nitrogen and oxygen atoms in total. The number of hydrogen-bond acceptors (Lipinski definition) is 5. The fourth-order valence-electron chi connectivity index (χ4n) is 3.13. The molecule has 1 N–H and O–H groups in total. The van der Waals surface area contributed by atoms with Crippen LogP contribution in [0.5, 0.6) is 5.75 Å². The molecule has 1 amide bonds. The number of nitrogens with one attached hydrogen (secondary N) is 1. The second-order valence-electron chi connectivity index (χ2n) is 7.08. The van der Waals surface area contributed by atoms with Gasteiger partial charge in [0.25, 0.3) is 5.56 Å². The Morgan fingerprint density at radius 2 is 1.84 bits per heavy atom. The van der Waals surface area contributed by atoms with Crippen LogP contribution in [-0.2, 0) is 24.5 Å². The van der Waals surface area contributed by atoms with Gasteiger partial charge in [0.05, 0.1) is 17.2 Å². The molecule has 2 aromatic carbocycles. The summed E-state index contributed by atoms with van der Waals surface area (Å²) in [6, 6.07) is 18.6. The molecule has 0 radical (unpaired) electrons. The molecule has 0 fully saturated rings. The Labute approximate surface area is 179 Å². The molecule has 0 aliphatic rings. The molecule has 0 spiro atoms. The van der Waals surface area contributed by atoms with Crippen LogP contribution in [0.1, 0.15) is 17.5 Å². The minimum atomic E-state index is -0.139. The number of fused-ring (bicyclic) bond motifs is 1. The lowest BCUT2D eigenvalue weighted by Gasteiger charge is -2.09. The van der Waals surface area contributed by atoms with Crippen LogP contribution in [0.2, 0.25) is 0 Å². The number of pyridine rings is 1. The first kappa shape index (κ1) is 20.3. The smallest absolute Gasteiger partial charge is 0.261 e. The monoisotopic (exact) mass is 414 g/mol. The molecule has 156 valence electrons. The van der Waals surface area contributed by atoms with Crippen LogP contribution >= 0.6 is 0 Å². The van der Waals surface area contributed by atoms with Gasteiger partial charge in [0.1, 0.15) is 12.4 Å². The van der Waals surface area contributed by atoms with Gasteiger partial charge in [-0.15, -0.1) is 0 Å². The van der Waals surface area contributed by atoms with E-state index in [1.165, 1.54) is 10.9 Å². The second-order valence-corrected chi connectivity index (χ2v) is 7.08. The fraction of sp³-hybridized carbons (Fsp3) is 0.167. The van der Waals surface area contributed by atoms with Gasteiger partial charge in [0.15, 0.2) is 0 Å². The second kappa shape index (κ2) is 9.67. The third kappa shape index (κ3) is 5.33. The fourth-order valence-corrected chi connectivity index (χ4v) is 3.13. The largest absolute Gasteiger partial charge is 0.489 e. The number of hydrogen-bond donors (Lipinski definition) is 1. The molecule has 31 heavy (non-hydrogen) atoms. The molecule has 0 atom stereocenters. The standard InChI is InChI=1S/C24H22N4O3/c29-23(11-13-28-17-27-22-6-2-1-5-21(22)24(28)30)26-15-18-7-9-20(10-8-18)31-16-19-4-3-12-25-14-19/h1-10,12,14,17H,11,13,15-16H2,(H,26,29). The van der Waals surface area contributed by atoms with Gasteiger partial charge in [-0.2, -0.15) is 0 Å². The maximum absolute atomic E-state index is 12.5. The van der Waals surface area contributed by atoms with Crippen molar-refractivity contribution in [3.8, 4) is 5.75 Å². The minimum absolute atomic E-state index is 0.128. The van der Waals surface area contributed by atoms with Gasteiger partial charge < -0.3 is 10.1 Å². The highest BCUT2D eigenvalue weighted by atomic mass is 16.5. The zero-order valence-electron chi connectivity index (χ0n) is 16.9. The van der Waals surface area contributed by atoms with Crippen LogP contribution in [-0.4, -0.2) is 20.4 Å². The molecule has 7 heteroatoms. The Morgan fingerprint density at radius 3 is 2.65 bits per heavy atom. The minimum Gasteiger partial charge on any atom is -0.489 e. The van der Waals surface area contributed by atoms with Gasteiger partial charge in [-0.05, 0) is 35.9 Å². The average Bonchev–Trinajstić information content (AvgIpc) is 2.82. The van der Waals surface area contributed by atoms with Crippen molar-refractivity contribution >= 4 is 16.8 Å². The summed E-state index contributed by atoms with van der Waals surface area (Å²) in [4.78, 5) is 33.0. The van der Waals surface area contributed by atoms with Crippen LogP contribution in [0.25, 0.3) is 10.9 Å². The van der Waals surface area contributed by atoms with Gasteiger partial charge in [0.2, 0.25) is 5.91 Å². The predicted molar refractivity (Wildman–Crippen MR) is 117 cm³/mol. The van der Waals surface area contributed by atoms with E-state index in [1.54, 1.807) is 30.6 Å². The Hall–Kier alpha value is -4.00. The lowest BCUT2D eigenvalue weighted by Crippen LogP contribution is -2.27. The summed E-state index contributed by atoms with van der Waals surface area (Å²) >= 11 is 0. The lowest BCUT2D eigenvalue weighted by molar-refractivity contribution is -0.121. The third-order valence-electron chi connectivity index (χ3n) is 4.85. The Bertz CT molecular complexity index is 1220. The molecule has 2 aromatic heterocycles. The highest BCUT2D eigenvalue weighted by Crippen LogP contribution is 2.14. The highest BCUT2D eigenvalue weighted by molar-refractivity contribution is 5.77. The Morgan fingerprint density at radius 1 is 1.00 bits per heavy atom. The van der Waals surface area contributed by atoms with Crippen LogP contribution in [0, 0.1) is 0 Å². The average molecular weight is 414 g/mol. The van der Waals surface area contributed by atoms with Gasteiger partial charge in [0, 0.05) is 37.5 Å². The number of aromatic nitrogens is 3. The van der Waals surface area contributed by atoms with Crippen LogP contribution in [0.15, 0.2) is 84.2 Å². The number of para-hydroxylation sites is 1. The first-order valence-electron chi connectivity index (χ1n) is 10.0. The van der Waals surface area contributed by atoms with Gasteiger partial charge >= 0.3 is 0 Å². The van der Waals surface area contributed by atoms with E-state index < -0.39 is 0 Å². The van der Waals surface area contributed by atoms with E-state index in [9.17, 15) is 9.59 Å². The Balaban J connectivity index is 1.25. The van der Waals surface area contributed by atoms with Crippen molar-refractivity contribution in [1.82, 2.24) is 19.9 Å². The zero-order valence-corrected chi connectivity index (χ0v) is 16.9. The molecular weight excluding hydrogens is 392 g/mol. The summed E-state index contributed by atoms with van der Waals surface area (Å²) in [5.41, 5.74) is 2.48. The van der Waals surface area contributed by atoms with Crippen molar-refractivity contribution in [1.29, 1.82) is 0 Å². The molecule has 4 rings (SSSR count). The predicted octanol–water partition coefficient (Wildman–Crippen LogP) is 3.08. The molecule has 0 aliphatic heterocycles. The lowest BCUT2D eigenvalue weighted by atomic mass is 10.2. The van der Waals surface area contributed by atoms with Crippen molar-refractivity contribution in [3.05, 3.63) is 101 Å². The molecule has 4 aromatic rings. The van der Waals surface area contributed by atoms with E-state index in [1.807, 2.05) is 42.5 Å². The van der Waals surface area contributed by atoms with Crippen LogP contribution < -0.4 is 15.6 Å². The van der Waals surface area contributed by atoms with E-state index in [-0.39, 0.29) is 24.4 Å². The van der Waals surface area contributed by atoms with Gasteiger partial charge in [-0.25, -0.2) is 4.98 Å². The first-order valence-corrected chi connectivity index (χ1v) is 10.0. The van der Waals surface area contributed by atoms with Crippen molar-refractivity contribution < 1.29 is 9.53 Å². The quantitative estimate of drug-likeness (QED) is 0.479. The van der Waals surface area contributed by atoms with Crippen molar-refractivity contribution in [2.75, 3.05) is 0 Å². The molecular formula is C24H22N4O3. The molecule has 0 saturated carbocycles. The number of amides is 1. The summed E-state index contributed by atoms with van der Waals surface area (Å²) < 4.78 is 7.20. The number of aryl methyl sites for hydroxylation is 1. The summed E-state index contributed by atoms with van der Waals surface area (Å²) in [5, 5.41) is 3.43. The summed E-state index contributed by atoms with van der Waals surface area (Å²) in [7, 11) is 0. The third-order valence-corrected chi connectivity index (χ3v) is 4.85. The van der Waals surface area contributed by atoms with E-state index in [0.29, 0.717) is 24.1 Å². The van der Waals surface area contributed by atoms with E-state index >= 15 is 0 Å². The topological polar surface area (TPSA) is 86.1 Å². The maximum atomic E-state index is 12.5. The van der Waals surface area contributed by atoms with E-state index in [4.69, 9.17) is 4.74 Å². The van der Waals surface area contributed by atoms with E-state index in [2.05, 4.69) is 15.3 Å². The number of ether oxygens (including phenoxy) is 1. The summed E-state index contributed by atoms with van der Waals surface area (Å²) in [6.45, 7) is 1.14. The number of rotatable bonds is 8. The number of nitrogens with zero attached hydrogens (tertiary/aromatic N) is 3. The summed E-state index contributed by atoms with van der Waals surface area (Å²) in [5.74, 6) is 0.624.